The number of Topliss-reactive ketones (excluding diaryl/α,β-unsaturated/α-hetero) is 2. The molecule has 5 fully saturated rings. The molecule has 1 saturated heterocycles. The highest BCUT2D eigenvalue weighted by Gasteiger charge is 2.68. The molecule has 0 amide bonds. The Morgan fingerprint density at radius 3 is 2.31 bits per heavy atom. The van der Waals surface area contributed by atoms with Crippen LogP contribution in [0.15, 0.2) is 0 Å². The van der Waals surface area contributed by atoms with E-state index in [1.165, 1.54) is 0 Å². The van der Waals surface area contributed by atoms with Crippen molar-refractivity contribution in [2.45, 2.75) is 90.8 Å². The minimum absolute atomic E-state index is 0.0154. The molecule has 8 atom stereocenters. The Kier molecular flexibility index (Phi) is 7.51. The lowest BCUT2D eigenvalue weighted by Crippen LogP contribution is -2.62. The summed E-state index contributed by atoms with van der Waals surface area (Å²) in [6.45, 7) is 8.59. The summed E-state index contributed by atoms with van der Waals surface area (Å²) in [6.07, 6.45) is 5.47. The Hall–Kier alpha value is -0.630. The van der Waals surface area contributed by atoms with Crippen LogP contribution >= 0.6 is 8.25 Å². The fraction of sp³-hybridized carbons (Fsp3) is 0.923. The van der Waals surface area contributed by atoms with Gasteiger partial charge in [0.05, 0.1) is 19.3 Å². The smallest absolute Gasteiger partial charge is 0.319 e. The van der Waals surface area contributed by atoms with Gasteiger partial charge in [-0.15, -0.1) is 0 Å². The van der Waals surface area contributed by atoms with Crippen LogP contribution in [0.3, 0.4) is 0 Å². The van der Waals surface area contributed by atoms with Gasteiger partial charge in [-0.2, -0.15) is 0 Å². The number of ketones is 2. The Balaban J connectivity index is 0.000000271. The second-order valence-electron chi connectivity index (χ2n) is 13.0. The first kappa shape index (κ1) is 27.4. The third-order valence-electron chi connectivity index (χ3n) is 10.2. The van der Waals surface area contributed by atoms with Crippen molar-refractivity contribution in [3.8, 4) is 0 Å². The molecule has 9 heteroatoms. The van der Waals surface area contributed by atoms with Crippen LogP contribution in [0.25, 0.3) is 0 Å². The molecule has 35 heavy (non-hydrogen) atoms. The van der Waals surface area contributed by atoms with Crippen LogP contribution in [0.5, 0.6) is 0 Å². The number of rotatable bonds is 2. The topological polar surface area (TPSA) is 130 Å². The Labute approximate surface area is 209 Å². The van der Waals surface area contributed by atoms with Gasteiger partial charge in [-0.05, 0) is 68.1 Å². The summed E-state index contributed by atoms with van der Waals surface area (Å²) in [5, 5.41) is 30.6. The fourth-order valence-corrected chi connectivity index (χ4v) is 9.34. The number of aliphatic hydroxyl groups is 3. The minimum atomic E-state index is -2.11. The molecular formula is C26H43O8P. The van der Waals surface area contributed by atoms with Crippen LogP contribution in [-0.2, 0) is 23.2 Å². The zero-order valence-electron chi connectivity index (χ0n) is 21.5. The van der Waals surface area contributed by atoms with Gasteiger partial charge in [0.15, 0.2) is 5.78 Å². The number of carbonyl (C=O) groups excluding carboxylic acids is 2. The van der Waals surface area contributed by atoms with Gasteiger partial charge in [-0.3, -0.25) is 14.2 Å². The van der Waals surface area contributed by atoms with E-state index >= 15 is 0 Å². The van der Waals surface area contributed by atoms with Gasteiger partial charge in [0.25, 0.3) is 0 Å². The molecule has 0 aromatic rings. The zero-order chi connectivity index (χ0) is 25.8. The number of carbonyl (C=O) groups is 2. The first-order chi connectivity index (χ1) is 16.3. The van der Waals surface area contributed by atoms with Gasteiger partial charge in [0.1, 0.15) is 18.0 Å². The summed E-state index contributed by atoms with van der Waals surface area (Å²) in [5.41, 5.74) is -2.36. The lowest BCUT2D eigenvalue weighted by atomic mass is 9.44. The van der Waals surface area contributed by atoms with Crippen LogP contribution in [0.1, 0.15) is 79.1 Å². The van der Waals surface area contributed by atoms with Crippen molar-refractivity contribution in [1.29, 1.82) is 0 Å². The SMILES string of the molecule is CC1(C)CO[PH](=O)OC1.C[C@]12CC[C@@H](O)C[C@H]1CC[C@@H]1[C@@H]2C(=O)C[C@@]2(C)[C@H]1CC[C@]2(O)C(=O)CO. The van der Waals surface area contributed by atoms with E-state index in [1.807, 2.05) is 20.8 Å². The number of aliphatic hydroxyl groups excluding tert-OH is 2. The predicted molar refractivity (Wildman–Crippen MR) is 130 cm³/mol. The van der Waals surface area contributed by atoms with E-state index in [0.717, 1.165) is 38.5 Å². The predicted octanol–water partition coefficient (Wildman–Crippen LogP) is 3.31. The summed E-state index contributed by atoms with van der Waals surface area (Å²) in [4.78, 5) is 25.7. The highest BCUT2D eigenvalue weighted by Crippen LogP contribution is 2.67. The van der Waals surface area contributed by atoms with E-state index in [1.54, 1.807) is 0 Å². The molecule has 5 aliphatic rings. The minimum Gasteiger partial charge on any atom is -0.393 e. The Morgan fingerprint density at radius 1 is 1.06 bits per heavy atom. The Morgan fingerprint density at radius 2 is 1.71 bits per heavy atom. The number of hydrogen-bond donors (Lipinski definition) is 3. The fourth-order valence-electron chi connectivity index (χ4n) is 8.24. The van der Waals surface area contributed by atoms with Crippen molar-refractivity contribution >= 4 is 19.8 Å². The molecule has 0 unspecified atom stereocenters. The van der Waals surface area contributed by atoms with Crippen LogP contribution in [0, 0.1) is 39.9 Å². The summed E-state index contributed by atoms with van der Waals surface area (Å²) in [7, 11) is -2.11. The lowest BCUT2D eigenvalue weighted by molar-refractivity contribution is -0.180. The van der Waals surface area contributed by atoms with Crippen molar-refractivity contribution < 1.29 is 38.5 Å². The summed E-state index contributed by atoms with van der Waals surface area (Å²) >= 11 is 0. The molecule has 0 radical (unpaired) electrons. The Bertz CT molecular complexity index is 863. The molecule has 200 valence electrons. The number of fused-ring (bicyclic) bond motifs is 5. The maximum Gasteiger partial charge on any atom is 0.319 e. The maximum absolute atomic E-state index is 13.4. The molecule has 5 rings (SSSR count). The molecule has 1 heterocycles. The summed E-state index contributed by atoms with van der Waals surface area (Å²) in [5.74, 6) is 0.380. The molecule has 8 nitrogen and oxygen atoms in total. The molecule has 0 spiro atoms. The van der Waals surface area contributed by atoms with Crippen LogP contribution in [0.2, 0.25) is 0 Å². The van der Waals surface area contributed by atoms with Crippen molar-refractivity contribution in [3.05, 3.63) is 0 Å². The van der Waals surface area contributed by atoms with Gasteiger partial charge < -0.3 is 24.4 Å². The van der Waals surface area contributed by atoms with E-state index < -0.39 is 31.7 Å². The molecule has 3 N–H and O–H groups in total. The van der Waals surface area contributed by atoms with Crippen molar-refractivity contribution in [3.63, 3.8) is 0 Å². The molecule has 4 saturated carbocycles. The second kappa shape index (κ2) is 9.59. The van der Waals surface area contributed by atoms with Gasteiger partial charge in [-0.25, -0.2) is 0 Å². The molecular weight excluding hydrogens is 471 g/mol. The van der Waals surface area contributed by atoms with E-state index in [0.29, 0.717) is 25.6 Å². The van der Waals surface area contributed by atoms with Gasteiger partial charge >= 0.3 is 8.25 Å². The van der Waals surface area contributed by atoms with Crippen molar-refractivity contribution in [2.24, 2.45) is 39.9 Å². The van der Waals surface area contributed by atoms with Gasteiger partial charge in [0.2, 0.25) is 0 Å². The third-order valence-corrected chi connectivity index (χ3v) is 11.0. The van der Waals surface area contributed by atoms with Crippen LogP contribution in [-0.4, -0.2) is 58.4 Å². The largest absolute Gasteiger partial charge is 0.393 e. The van der Waals surface area contributed by atoms with Crippen LogP contribution < -0.4 is 0 Å². The highest BCUT2D eigenvalue weighted by molar-refractivity contribution is 7.33. The second-order valence-corrected chi connectivity index (χ2v) is 14.1. The van der Waals surface area contributed by atoms with E-state index in [9.17, 15) is 29.5 Å². The van der Waals surface area contributed by atoms with Crippen molar-refractivity contribution in [1.82, 2.24) is 0 Å². The van der Waals surface area contributed by atoms with Crippen molar-refractivity contribution in [2.75, 3.05) is 19.8 Å². The molecule has 1 aliphatic heterocycles. The molecule has 0 aromatic heterocycles. The third kappa shape index (κ3) is 4.61. The van der Waals surface area contributed by atoms with Gasteiger partial charge in [-0.1, -0.05) is 27.7 Å². The standard InChI is InChI=1S/C21H32O5.C5H11O3P/c1-19-7-5-13(23)9-12(19)3-4-14-15-6-8-21(26,17(25)11-22)20(15,2)10-16(24)18(14)19;1-5(2)3-7-9(6)8-4-5/h12-15,18,22-23,26H,3-11H2,1-2H3;9H,3-4H2,1-2H3/t12-,13-,14+,15+,18-,19+,20+,21+;/m1./s1. The maximum atomic E-state index is 13.4. The lowest BCUT2D eigenvalue weighted by Gasteiger charge is -2.60. The summed E-state index contributed by atoms with van der Waals surface area (Å²) in [6, 6.07) is 0. The monoisotopic (exact) mass is 514 g/mol. The zero-order valence-corrected chi connectivity index (χ0v) is 22.5. The summed E-state index contributed by atoms with van der Waals surface area (Å²) < 4.78 is 20.1. The first-order valence-electron chi connectivity index (χ1n) is 13.1. The quantitative estimate of drug-likeness (QED) is 0.479. The van der Waals surface area contributed by atoms with Gasteiger partial charge in [0, 0.05) is 23.2 Å². The molecule has 4 aliphatic carbocycles. The average Bonchev–Trinajstić information content (AvgIpc) is 3.07. The normalized spacial score (nSPS) is 47.1. The average molecular weight is 515 g/mol. The van der Waals surface area contributed by atoms with E-state index in [-0.39, 0.29) is 46.9 Å². The molecule has 0 aromatic carbocycles. The first-order valence-corrected chi connectivity index (χ1v) is 14.4. The molecule has 0 bridgehead atoms. The van der Waals surface area contributed by atoms with Crippen LogP contribution in [0.4, 0.5) is 0 Å². The highest BCUT2D eigenvalue weighted by atomic mass is 31.1. The van der Waals surface area contributed by atoms with E-state index in [2.05, 4.69) is 6.92 Å². The number of hydrogen-bond acceptors (Lipinski definition) is 8. The van der Waals surface area contributed by atoms with E-state index in [4.69, 9.17) is 9.05 Å².